The lowest BCUT2D eigenvalue weighted by atomic mass is 10.6. The van der Waals surface area contributed by atoms with Crippen LogP contribution in [0.25, 0.3) is 0 Å². The van der Waals surface area contributed by atoms with Gasteiger partial charge in [0, 0.05) is 19.0 Å². The number of hydrogen-bond acceptors (Lipinski definition) is 1. The van der Waals surface area contributed by atoms with Gasteiger partial charge in [-0.25, -0.2) is 9.79 Å². The van der Waals surface area contributed by atoms with Crippen molar-refractivity contribution in [3.63, 3.8) is 0 Å². The van der Waals surface area contributed by atoms with E-state index >= 15 is 0 Å². The molecule has 0 aromatic heterocycles. The van der Waals surface area contributed by atoms with E-state index in [4.69, 9.17) is 0 Å². The van der Waals surface area contributed by atoms with Gasteiger partial charge in [-0.1, -0.05) is 6.58 Å². The highest BCUT2D eigenvalue weighted by molar-refractivity contribution is 5.83. The fourth-order valence-corrected chi connectivity index (χ4v) is 0.527. The Morgan fingerprint density at radius 1 is 1.80 bits per heavy atom. The van der Waals surface area contributed by atoms with Crippen LogP contribution in [0.5, 0.6) is 0 Å². The number of urea groups is 1. The van der Waals surface area contributed by atoms with Gasteiger partial charge >= 0.3 is 6.03 Å². The van der Waals surface area contributed by atoms with Crippen LogP contribution in [-0.2, 0) is 0 Å². The van der Waals surface area contributed by atoms with Crippen LogP contribution in [0.15, 0.2) is 17.8 Å². The van der Waals surface area contributed by atoms with Crippen LogP contribution >= 0.6 is 0 Å². The van der Waals surface area contributed by atoms with Crippen molar-refractivity contribution in [1.82, 2.24) is 4.90 Å². The smallest absolute Gasteiger partial charge is 0.300 e. The molecule has 0 saturated heterocycles. The maximum Gasteiger partial charge on any atom is 0.347 e. The summed E-state index contributed by atoms with van der Waals surface area (Å²) >= 11 is 0. The lowest BCUT2D eigenvalue weighted by molar-refractivity contribution is 0.227. The predicted octanol–water partition coefficient (Wildman–Crippen LogP) is 1.66. The van der Waals surface area contributed by atoms with Crippen molar-refractivity contribution in [1.29, 1.82) is 0 Å². The Morgan fingerprint density at radius 2 is 2.40 bits per heavy atom. The molecule has 0 saturated carbocycles. The minimum absolute atomic E-state index is 0.264. The molecule has 3 heteroatoms. The number of hydrogen-bond donors (Lipinski definition) is 0. The number of rotatable bonds is 2. The second-order valence-corrected chi connectivity index (χ2v) is 1.64. The van der Waals surface area contributed by atoms with E-state index in [0.717, 1.165) is 0 Å². The minimum atomic E-state index is -0.264. The van der Waals surface area contributed by atoms with Crippen molar-refractivity contribution in [2.75, 3.05) is 6.54 Å². The predicted molar refractivity (Wildman–Crippen MR) is 42.1 cm³/mol. The molecule has 56 valence electrons. The van der Waals surface area contributed by atoms with E-state index in [1.807, 2.05) is 6.92 Å². The molecule has 0 bridgehead atoms. The van der Waals surface area contributed by atoms with Crippen molar-refractivity contribution >= 4 is 12.2 Å². The van der Waals surface area contributed by atoms with Crippen molar-refractivity contribution in [3.05, 3.63) is 12.8 Å². The molecule has 0 N–H and O–H groups in total. The van der Waals surface area contributed by atoms with Crippen molar-refractivity contribution in [3.8, 4) is 0 Å². The summed E-state index contributed by atoms with van der Waals surface area (Å²) in [4.78, 5) is 15.8. The molecule has 10 heavy (non-hydrogen) atoms. The van der Waals surface area contributed by atoms with Gasteiger partial charge in [-0.2, -0.15) is 0 Å². The summed E-state index contributed by atoms with van der Waals surface area (Å²) in [5.74, 6) is 0. The number of carbonyl (C=O) groups is 1. The van der Waals surface area contributed by atoms with Crippen LogP contribution in [0, 0.1) is 0 Å². The van der Waals surface area contributed by atoms with E-state index in [1.54, 1.807) is 6.92 Å². The zero-order valence-corrected chi connectivity index (χ0v) is 6.37. The average molecular weight is 140 g/mol. The molecule has 0 rings (SSSR count). The Kier molecular flexibility index (Phi) is 4.20. The summed E-state index contributed by atoms with van der Waals surface area (Å²) in [6.45, 7) is 7.65. The molecule has 0 radical (unpaired) electrons. The van der Waals surface area contributed by atoms with Crippen molar-refractivity contribution in [2.45, 2.75) is 13.8 Å². The van der Waals surface area contributed by atoms with Gasteiger partial charge in [0.25, 0.3) is 0 Å². The zero-order chi connectivity index (χ0) is 7.98. The fraction of sp³-hybridized carbons (Fsp3) is 0.429. The summed E-state index contributed by atoms with van der Waals surface area (Å²) in [6.07, 6.45) is 2.93. The average Bonchev–Trinajstić information content (AvgIpc) is 1.91. The van der Waals surface area contributed by atoms with Gasteiger partial charge in [0.1, 0.15) is 0 Å². The van der Waals surface area contributed by atoms with Crippen molar-refractivity contribution < 1.29 is 4.79 Å². The number of carbonyl (C=O) groups excluding carboxylic acids is 1. The molecular weight excluding hydrogens is 128 g/mol. The third kappa shape index (κ3) is 2.44. The summed E-state index contributed by atoms with van der Waals surface area (Å²) in [6, 6.07) is -0.264. The summed E-state index contributed by atoms with van der Waals surface area (Å²) in [7, 11) is 0. The molecule has 0 fully saturated rings. The molecule has 3 nitrogen and oxygen atoms in total. The third-order valence-corrected chi connectivity index (χ3v) is 1.05. The van der Waals surface area contributed by atoms with Crippen LogP contribution in [0.3, 0.4) is 0 Å². The van der Waals surface area contributed by atoms with Gasteiger partial charge in [-0.05, 0) is 13.8 Å². The highest BCUT2D eigenvalue weighted by Crippen LogP contribution is 1.91. The lowest BCUT2D eigenvalue weighted by Crippen LogP contribution is -2.21. The Hall–Kier alpha value is -1.12. The van der Waals surface area contributed by atoms with Crippen molar-refractivity contribution in [2.24, 2.45) is 4.99 Å². The summed E-state index contributed by atoms with van der Waals surface area (Å²) < 4.78 is 0. The summed E-state index contributed by atoms with van der Waals surface area (Å²) in [5.41, 5.74) is 0. The van der Waals surface area contributed by atoms with Crippen LogP contribution in [0.1, 0.15) is 13.8 Å². The topological polar surface area (TPSA) is 32.7 Å². The molecular formula is C7H12N2O. The van der Waals surface area contributed by atoms with E-state index in [0.29, 0.717) is 6.54 Å². The van der Waals surface area contributed by atoms with E-state index < -0.39 is 0 Å². The first-order valence-electron chi connectivity index (χ1n) is 3.18. The molecule has 0 aliphatic rings. The molecule has 0 heterocycles. The number of amides is 2. The van der Waals surface area contributed by atoms with Gasteiger partial charge in [-0.15, -0.1) is 0 Å². The van der Waals surface area contributed by atoms with Gasteiger partial charge in [0.2, 0.25) is 0 Å². The molecule has 0 unspecified atom stereocenters. The first-order chi connectivity index (χ1) is 4.76. The Bertz CT molecular complexity index is 152. The maximum absolute atomic E-state index is 10.9. The van der Waals surface area contributed by atoms with Crippen LogP contribution in [-0.4, -0.2) is 23.7 Å². The van der Waals surface area contributed by atoms with Gasteiger partial charge < -0.3 is 4.90 Å². The number of aliphatic imine (C=N–C) groups is 1. The van der Waals surface area contributed by atoms with Crippen LogP contribution < -0.4 is 0 Å². The molecule has 0 aromatic carbocycles. The first-order valence-corrected chi connectivity index (χ1v) is 3.18. The molecule has 0 aromatic rings. The normalized spacial score (nSPS) is 9.80. The monoisotopic (exact) mass is 140 g/mol. The Balaban J connectivity index is 4.01. The van der Waals surface area contributed by atoms with Gasteiger partial charge in [-0.3, -0.25) is 0 Å². The van der Waals surface area contributed by atoms with E-state index in [2.05, 4.69) is 11.6 Å². The van der Waals surface area contributed by atoms with Crippen LogP contribution in [0.4, 0.5) is 4.79 Å². The molecule has 0 aliphatic carbocycles. The largest absolute Gasteiger partial charge is 0.347 e. The number of nitrogens with zero attached hydrogens (tertiary/aromatic N) is 2. The van der Waals surface area contributed by atoms with Crippen LogP contribution in [0.2, 0.25) is 0 Å². The SMILES string of the molecule is C=CN(CC)C(=O)N=CC. The maximum atomic E-state index is 10.9. The first kappa shape index (κ1) is 8.88. The second-order valence-electron chi connectivity index (χ2n) is 1.64. The Labute approximate surface area is 61.1 Å². The minimum Gasteiger partial charge on any atom is -0.300 e. The summed E-state index contributed by atoms with van der Waals surface area (Å²) in [5, 5.41) is 0. The zero-order valence-electron chi connectivity index (χ0n) is 6.37. The van der Waals surface area contributed by atoms with Gasteiger partial charge in [0.05, 0.1) is 0 Å². The molecule has 0 aliphatic heterocycles. The quantitative estimate of drug-likeness (QED) is 0.537. The highest BCUT2D eigenvalue weighted by Gasteiger charge is 2.02. The Morgan fingerprint density at radius 3 is 2.70 bits per heavy atom. The second kappa shape index (κ2) is 4.73. The van der Waals surface area contributed by atoms with E-state index in [-0.39, 0.29) is 6.03 Å². The van der Waals surface area contributed by atoms with E-state index in [1.165, 1.54) is 17.3 Å². The lowest BCUT2D eigenvalue weighted by Gasteiger charge is -2.10. The standard InChI is InChI=1S/C7H12N2O/c1-4-8-7(10)9(5-2)6-3/h4-5H,2,6H2,1,3H3. The fourth-order valence-electron chi connectivity index (χ4n) is 0.527. The molecule has 0 atom stereocenters. The molecule has 0 spiro atoms. The van der Waals surface area contributed by atoms with E-state index in [9.17, 15) is 4.79 Å². The third-order valence-electron chi connectivity index (χ3n) is 1.05. The molecule has 2 amide bonds. The van der Waals surface area contributed by atoms with Gasteiger partial charge in [0.15, 0.2) is 0 Å². The highest BCUT2D eigenvalue weighted by atomic mass is 16.2.